The molecule has 0 atom stereocenters. The maximum absolute atomic E-state index is 5.56. The van der Waals surface area contributed by atoms with Gasteiger partial charge in [0.2, 0.25) is 0 Å². The zero-order valence-electron chi connectivity index (χ0n) is 17.7. The summed E-state index contributed by atoms with van der Waals surface area (Å²) in [4.78, 5) is 12.2. The molecule has 3 aromatic heterocycles. The molecule has 0 radical (unpaired) electrons. The fraction of sp³-hybridized carbons (Fsp3) is 0.348. The first-order valence-corrected chi connectivity index (χ1v) is 10.5. The number of morpholine rings is 1. The lowest BCUT2D eigenvalue weighted by molar-refractivity contribution is 0.123. The molecule has 154 valence electrons. The third-order valence-electron chi connectivity index (χ3n) is 5.69. The van der Waals surface area contributed by atoms with Gasteiger partial charge in [-0.15, -0.1) is 0 Å². The molecule has 0 saturated carbocycles. The third kappa shape index (κ3) is 3.25. The first kappa shape index (κ1) is 18.8. The molecule has 1 saturated heterocycles. The number of hydrogen-bond donors (Lipinski definition) is 0. The van der Waals surface area contributed by atoms with E-state index in [4.69, 9.17) is 19.8 Å². The zero-order valence-corrected chi connectivity index (χ0v) is 17.7. The number of pyridine rings is 1. The second-order valence-electron chi connectivity index (χ2n) is 7.73. The van der Waals surface area contributed by atoms with Gasteiger partial charge in [0.05, 0.1) is 24.6 Å². The van der Waals surface area contributed by atoms with Gasteiger partial charge >= 0.3 is 0 Å². The topological polar surface area (TPSA) is 61.0 Å². The normalized spacial score (nSPS) is 14.6. The third-order valence-corrected chi connectivity index (χ3v) is 5.69. The molecule has 0 N–H and O–H groups in total. The Bertz CT molecular complexity index is 1200. The average molecular weight is 403 g/mol. The number of ether oxygens (including phenoxy) is 1. The Morgan fingerprint density at radius 3 is 2.67 bits per heavy atom. The molecule has 1 aromatic carbocycles. The van der Waals surface area contributed by atoms with Crippen LogP contribution in [0.25, 0.3) is 28.2 Å². The highest BCUT2D eigenvalue weighted by Crippen LogP contribution is 2.29. The molecule has 1 aliphatic rings. The van der Waals surface area contributed by atoms with E-state index in [1.807, 2.05) is 24.0 Å². The van der Waals surface area contributed by atoms with Crippen LogP contribution in [0.3, 0.4) is 0 Å². The number of benzene rings is 1. The number of anilines is 1. The van der Waals surface area contributed by atoms with Crippen LogP contribution in [0.2, 0.25) is 0 Å². The van der Waals surface area contributed by atoms with E-state index in [1.165, 1.54) is 5.56 Å². The maximum Gasteiger partial charge on any atom is 0.164 e. The fourth-order valence-electron chi connectivity index (χ4n) is 4.06. The summed E-state index contributed by atoms with van der Waals surface area (Å²) in [5.74, 6) is 1.83. The highest BCUT2D eigenvalue weighted by Gasteiger charge is 2.21. The van der Waals surface area contributed by atoms with Crippen LogP contribution in [0, 0.1) is 6.92 Å². The number of imidazole rings is 1. The van der Waals surface area contributed by atoms with Crippen LogP contribution in [-0.4, -0.2) is 50.6 Å². The Hall–Kier alpha value is -3.19. The molecule has 0 spiro atoms. The minimum absolute atomic E-state index is 0.728. The average Bonchev–Trinajstić information content (AvgIpc) is 3.39. The SMILES string of the molecule is CCc1nc2c(N3CCOCC3)cc(-n3ccc(-c4cccc(C)c4)n3)nc2n1C. The molecule has 7 heteroatoms. The van der Waals surface area contributed by atoms with Gasteiger partial charge in [0, 0.05) is 44.4 Å². The maximum atomic E-state index is 5.56. The van der Waals surface area contributed by atoms with Crippen LogP contribution in [0.15, 0.2) is 42.6 Å². The summed E-state index contributed by atoms with van der Waals surface area (Å²) >= 11 is 0. The lowest BCUT2D eigenvalue weighted by atomic mass is 10.1. The van der Waals surface area contributed by atoms with E-state index in [2.05, 4.69) is 53.6 Å². The van der Waals surface area contributed by atoms with Crippen molar-refractivity contribution >= 4 is 16.9 Å². The second kappa shape index (κ2) is 7.57. The summed E-state index contributed by atoms with van der Waals surface area (Å²) in [6.07, 6.45) is 2.84. The van der Waals surface area contributed by atoms with Crippen molar-refractivity contribution in [2.75, 3.05) is 31.2 Å². The molecule has 1 fully saturated rings. The molecule has 7 nitrogen and oxygen atoms in total. The van der Waals surface area contributed by atoms with Crippen LogP contribution in [0.4, 0.5) is 5.69 Å². The summed E-state index contributed by atoms with van der Waals surface area (Å²) < 4.78 is 9.51. The number of fused-ring (bicyclic) bond motifs is 1. The van der Waals surface area contributed by atoms with E-state index < -0.39 is 0 Å². The van der Waals surface area contributed by atoms with Crippen molar-refractivity contribution in [3.8, 4) is 17.1 Å². The van der Waals surface area contributed by atoms with Gasteiger partial charge in [0.1, 0.15) is 11.3 Å². The van der Waals surface area contributed by atoms with Gasteiger partial charge in [0.25, 0.3) is 0 Å². The monoisotopic (exact) mass is 402 g/mol. The number of nitrogens with zero attached hydrogens (tertiary/aromatic N) is 6. The van der Waals surface area contributed by atoms with Crippen LogP contribution in [0.1, 0.15) is 18.3 Å². The molecule has 4 heterocycles. The quantitative estimate of drug-likeness (QED) is 0.523. The van der Waals surface area contributed by atoms with Crippen LogP contribution < -0.4 is 4.90 Å². The van der Waals surface area contributed by atoms with Crippen molar-refractivity contribution in [2.45, 2.75) is 20.3 Å². The molecular weight excluding hydrogens is 376 g/mol. The van der Waals surface area contributed by atoms with Gasteiger partial charge in [0.15, 0.2) is 11.5 Å². The van der Waals surface area contributed by atoms with E-state index in [9.17, 15) is 0 Å². The number of aryl methyl sites for hydroxylation is 3. The summed E-state index contributed by atoms with van der Waals surface area (Å²) in [6, 6.07) is 12.5. The second-order valence-corrected chi connectivity index (χ2v) is 7.73. The van der Waals surface area contributed by atoms with E-state index >= 15 is 0 Å². The molecule has 0 bridgehead atoms. The van der Waals surface area contributed by atoms with E-state index in [-0.39, 0.29) is 0 Å². The standard InChI is InChI=1S/C23H26N6O/c1-4-20-24-22-19(28-10-12-30-13-11-28)15-21(25-23(22)27(20)3)29-9-8-18(26-29)17-7-5-6-16(2)14-17/h5-9,14-15H,4,10-13H2,1-3H3. The van der Waals surface area contributed by atoms with Crippen molar-refractivity contribution in [2.24, 2.45) is 7.05 Å². The summed E-state index contributed by atoms with van der Waals surface area (Å²) in [5, 5.41) is 4.82. The molecule has 1 aliphatic heterocycles. The molecule has 4 aromatic rings. The van der Waals surface area contributed by atoms with Crippen molar-refractivity contribution in [3.63, 3.8) is 0 Å². The predicted octanol–water partition coefficient (Wildman–Crippen LogP) is 3.53. The van der Waals surface area contributed by atoms with E-state index in [1.54, 1.807) is 0 Å². The molecular formula is C23H26N6O. The predicted molar refractivity (Wildman–Crippen MR) is 118 cm³/mol. The first-order valence-electron chi connectivity index (χ1n) is 10.5. The largest absolute Gasteiger partial charge is 0.378 e. The van der Waals surface area contributed by atoms with Crippen molar-refractivity contribution in [3.05, 3.63) is 54.0 Å². The van der Waals surface area contributed by atoms with Gasteiger partial charge in [-0.3, -0.25) is 0 Å². The molecule has 30 heavy (non-hydrogen) atoms. The summed E-state index contributed by atoms with van der Waals surface area (Å²) in [7, 11) is 2.04. The van der Waals surface area contributed by atoms with Crippen LogP contribution >= 0.6 is 0 Å². The Kier molecular flexibility index (Phi) is 4.75. The number of rotatable bonds is 4. The van der Waals surface area contributed by atoms with Gasteiger partial charge in [-0.2, -0.15) is 5.10 Å². The van der Waals surface area contributed by atoms with Crippen molar-refractivity contribution in [1.82, 2.24) is 24.3 Å². The lowest BCUT2D eigenvalue weighted by Crippen LogP contribution is -2.36. The Morgan fingerprint density at radius 1 is 1.07 bits per heavy atom. The summed E-state index contributed by atoms with van der Waals surface area (Å²) in [5.41, 5.74) is 6.20. The van der Waals surface area contributed by atoms with E-state index in [0.717, 1.165) is 72.5 Å². The molecule has 0 aliphatic carbocycles. The van der Waals surface area contributed by atoms with Crippen LogP contribution in [-0.2, 0) is 18.2 Å². The minimum atomic E-state index is 0.728. The van der Waals surface area contributed by atoms with E-state index in [0.29, 0.717) is 0 Å². The number of hydrogen-bond acceptors (Lipinski definition) is 5. The number of aromatic nitrogens is 5. The van der Waals surface area contributed by atoms with Gasteiger partial charge in [-0.25, -0.2) is 14.6 Å². The lowest BCUT2D eigenvalue weighted by Gasteiger charge is -2.29. The highest BCUT2D eigenvalue weighted by molar-refractivity contribution is 5.88. The first-order chi connectivity index (χ1) is 14.6. The van der Waals surface area contributed by atoms with Crippen LogP contribution in [0.5, 0.6) is 0 Å². The van der Waals surface area contributed by atoms with Gasteiger partial charge < -0.3 is 14.2 Å². The highest BCUT2D eigenvalue weighted by atomic mass is 16.5. The smallest absolute Gasteiger partial charge is 0.164 e. The van der Waals surface area contributed by atoms with Gasteiger partial charge in [-0.1, -0.05) is 30.7 Å². The molecule has 5 rings (SSSR count). The fourth-order valence-corrected chi connectivity index (χ4v) is 4.06. The van der Waals surface area contributed by atoms with Crippen molar-refractivity contribution in [1.29, 1.82) is 0 Å². The molecule has 0 unspecified atom stereocenters. The Labute approximate surface area is 175 Å². The molecule has 0 amide bonds. The van der Waals surface area contributed by atoms with Crippen molar-refractivity contribution < 1.29 is 4.74 Å². The van der Waals surface area contributed by atoms with Gasteiger partial charge in [-0.05, 0) is 19.1 Å². The Morgan fingerprint density at radius 2 is 1.90 bits per heavy atom. The summed E-state index contributed by atoms with van der Waals surface area (Å²) in [6.45, 7) is 7.38. The Balaban J connectivity index is 1.63. The minimum Gasteiger partial charge on any atom is -0.378 e. The zero-order chi connectivity index (χ0) is 20.7.